The molecular weight excluding hydrogens is 416 g/mol. The van der Waals surface area contributed by atoms with E-state index in [-0.39, 0.29) is 23.6 Å². The van der Waals surface area contributed by atoms with Gasteiger partial charge in [-0.25, -0.2) is 9.97 Å². The number of hydrogen-bond acceptors (Lipinski definition) is 7. The molecule has 4 unspecified atom stereocenters. The maximum atomic E-state index is 12.5. The number of carbonyl (C=O) groups is 1. The fraction of sp³-hybridized carbons (Fsp3) is 0.409. The lowest BCUT2D eigenvalue weighted by molar-refractivity contribution is -0.384. The van der Waals surface area contributed by atoms with Crippen LogP contribution in [0.1, 0.15) is 38.1 Å². The summed E-state index contributed by atoms with van der Waals surface area (Å²) in [5.41, 5.74) is -0.243. The molecule has 4 atom stereocenters. The van der Waals surface area contributed by atoms with E-state index < -0.39 is 16.3 Å². The lowest BCUT2D eigenvalue weighted by atomic mass is 9.60. The van der Waals surface area contributed by atoms with Crippen molar-refractivity contribution in [1.82, 2.24) is 15.3 Å². The van der Waals surface area contributed by atoms with Crippen LogP contribution >= 0.6 is 11.3 Å². The summed E-state index contributed by atoms with van der Waals surface area (Å²) in [7, 11) is 0. The highest BCUT2D eigenvalue weighted by Crippen LogP contribution is 2.46. The van der Waals surface area contributed by atoms with Gasteiger partial charge in [0.2, 0.25) is 0 Å². The maximum absolute atomic E-state index is 12.5. The second-order valence-electron chi connectivity index (χ2n) is 8.25. The minimum Gasteiger partial charge on any atom is -0.480 e. The molecule has 4 rings (SSSR count). The number of rotatable bonds is 6. The van der Waals surface area contributed by atoms with Gasteiger partial charge in [-0.1, -0.05) is 26.0 Å². The van der Waals surface area contributed by atoms with Crippen LogP contribution in [0.2, 0.25) is 0 Å². The van der Waals surface area contributed by atoms with E-state index in [1.54, 1.807) is 18.3 Å². The molecule has 1 saturated carbocycles. The molecule has 8 nitrogen and oxygen atoms in total. The van der Waals surface area contributed by atoms with Gasteiger partial charge in [-0.05, 0) is 41.7 Å². The van der Waals surface area contributed by atoms with Crippen molar-refractivity contribution in [2.24, 2.45) is 11.8 Å². The first-order valence-electron chi connectivity index (χ1n) is 10.2. The molecule has 1 aliphatic carbocycles. The Morgan fingerprint density at radius 1 is 1.39 bits per heavy atom. The third-order valence-corrected chi connectivity index (χ3v) is 7.55. The van der Waals surface area contributed by atoms with Gasteiger partial charge in [-0.3, -0.25) is 14.9 Å². The molecule has 2 N–H and O–H groups in total. The van der Waals surface area contributed by atoms with Crippen molar-refractivity contribution in [3.8, 4) is 0 Å². The first kappa shape index (κ1) is 21.3. The smallest absolute Gasteiger partial charge is 0.317 e. The Morgan fingerprint density at radius 2 is 2.19 bits per heavy atom. The van der Waals surface area contributed by atoms with Crippen LogP contribution in [0.3, 0.4) is 0 Å². The van der Waals surface area contributed by atoms with Gasteiger partial charge in [0.15, 0.2) is 0 Å². The number of aromatic nitrogens is 2. The predicted octanol–water partition coefficient (Wildman–Crippen LogP) is 4.15. The van der Waals surface area contributed by atoms with E-state index in [0.717, 1.165) is 15.8 Å². The Hall–Kier alpha value is -2.91. The Morgan fingerprint density at radius 3 is 2.94 bits per heavy atom. The Bertz CT molecular complexity index is 1130. The molecule has 9 heteroatoms. The van der Waals surface area contributed by atoms with Gasteiger partial charge in [0.1, 0.15) is 16.1 Å². The molecule has 0 radical (unpaired) electrons. The zero-order valence-electron chi connectivity index (χ0n) is 17.3. The molecule has 1 aliphatic rings. The Balaban J connectivity index is 1.55. The summed E-state index contributed by atoms with van der Waals surface area (Å²) in [4.78, 5) is 33.0. The summed E-state index contributed by atoms with van der Waals surface area (Å²) in [6.07, 6.45) is 2.79. The molecule has 2 aromatic heterocycles. The van der Waals surface area contributed by atoms with Crippen molar-refractivity contribution in [2.75, 3.05) is 0 Å². The highest BCUT2D eigenvalue weighted by molar-refractivity contribution is 7.16. The van der Waals surface area contributed by atoms with Gasteiger partial charge in [0.05, 0.1) is 4.92 Å². The van der Waals surface area contributed by atoms with E-state index in [0.29, 0.717) is 25.2 Å². The van der Waals surface area contributed by atoms with E-state index in [1.807, 2.05) is 24.4 Å². The van der Waals surface area contributed by atoms with Gasteiger partial charge in [-0.2, -0.15) is 0 Å². The van der Waals surface area contributed by atoms with Crippen LogP contribution in [0.15, 0.2) is 41.9 Å². The second-order valence-corrected chi connectivity index (χ2v) is 9.15. The Labute approximate surface area is 183 Å². The molecule has 3 aromatic rings. The third kappa shape index (κ3) is 3.79. The Kier molecular flexibility index (Phi) is 5.72. The quantitative estimate of drug-likeness (QED) is 0.437. The van der Waals surface area contributed by atoms with E-state index >= 15 is 0 Å². The van der Waals surface area contributed by atoms with Gasteiger partial charge in [0, 0.05) is 36.3 Å². The normalized spacial score (nSPS) is 26.1. The summed E-state index contributed by atoms with van der Waals surface area (Å²) >= 11 is 1.48. The van der Waals surface area contributed by atoms with Crippen LogP contribution < -0.4 is 5.32 Å². The number of fused-ring (bicyclic) bond motifs is 1. The van der Waals surface area contributed by atoms with Crippen molar-refractivity contribution in [2.45, 2.75) is 44.7 Å². The molecule has 162 valence electrons. The monoisotopic (exact) mass is 440 g/mol. The van der Waals surface area contributed by atoms with E-state index in [4.69, 9.17) is 0 Å². The van der Waals surface area contributed by atoms with Crippen LogP contribution in [0.4, 0.5) is 5.69 Å². The highest BCUT2D eigenvalue weighted by atomic mass is 32.1. The molecule has 1 aromatic carbocycles. The van der Waals surface area contributed by atoms with E-state index in [1.165, 1.54) is 17.4 Å². The van der Waals surface area contributed by atoms with Crippen molar-refractivity contribution in [1.29, 1.82) is 0 Å². The number of nitro groups is 1. The van der Waals surface area contributed by atoms with Crippen molar-refractivity contribution in [3.05, 3.63) is 63.4 Å². The average Bonchev–Trinajstić information content (AvgIpc) is 3.23. The standard InChI is InChI=1S/C22H24N4O4S/c1-13-14(2)22(21(27)28,20-24-12-16-7-9-31-19(16)25-20)8-6-18(13)23-11-15-4-3-5-17(10-15)26(29)30/h3-5,7,9-10,12-14,18,23H,6,8,11H2,1-2H3,(H,27,28). The summed E-state index contributed by atoms with van der Waals surface area (Å²) in [5.74, 6) is -0.656. The summed E-state index contributed by atoms with van der Waals surface area (Å²) < 4.78 is 0. The molecule has 0 aliphatic heterocycles. The number of nitro benzene ring substituents is 1. The number of thiophene rings is 1. The van der Waals surface area contributed by atoms with Crippen LogP contribution in [-0.2, 0) is 16.8 Å². The number of carboxylic acids is 1. The fourth-order valence-corrected chi connectivity index (χ4v) is 5.41. The lowest BCUT2D eigenvalue weighted by Crippen LogP contribution is -2.55. The minimum absolute atomic E-state index is 0.0474. The number of nitrogens with one attached hydrogen (secondary N) is 1. The van der Waals surface area contributed by atoms with Crippen LogP contribution in [0.5, 0.6) is 0 Å². The summed E-state index contributed by atoms with van der Waals surface area (Å²) in [5, 5.41) is 27.6. The topological polar surface area (TPSA) is 118 Å². The molecule has 0 amide bonds. The average molecular weight is 441 g/mol. The molecule has 1 fully saturated rings. The van der Waals surface area contributed by atoms with Gasteiger partial charge >= 0.3 is 5.97 Å². The molecule has 2 heterocycles. The van der Waals surface area contributed by atoms with Gasteiger partial charge < -0.3 is 10.4 Å². The highest BCUT2D eigenvalue weighted by Gasteiger charge is 2.53. The van der Waals surface area contributed by atoms with Crippen molar-refractivity contribution < 1.29 is 14.8 Å². The van der Waals surface area contributed by atoms with E-state index in [9.17, 15) is 20.0 Å². The molecule has 0 saturated heterocycles. The fourth-order valence-electron chi connectivity index (χ4n) is 4.67. The van der Waals surface area contributed by atoms with Crippen LogP contribution in [-0.4, -0.2) is 32.0 Å². The van der Waals surface area contributed by atoms with Gasteiger partial charge in [0.25, 0.3) is 5.69 Å². The number of benzene rings is 1. The third-order valence-electron chi connectivity index (χ3n) is 6.73. The van der Waals surface area contributed by atoms with Crippen LogP contribution in [0.25, 0.3) is 10.2 Å². The zero-order chi connectivity index (χ0) is 22.2. The molecule has 0 bridgehead atoms. The number of non-ortho nitro benzene ring substituents is 1. The maximum Gasteiger partial charge on any atom is 0.317 e. The first-order valence-corrected chi connectivity index (χ1v) is 11.1. The first-order chi connectivity index (χ1) is 14.8. The van der Waals surface area contributed by atoms with Crippen molar-refractivity contribution >= 4 is 33.2 Å². The predicted molar refractivity (Wildman–Crippen MR) is 118 cm³/mol. The zero-order valence-corrected chi connectivity index (χ0v) is 18.1. The van der Waals surface area contributed by atoms with E-state index in [2.05, 4.69) is 22.2 Å². The number of carboxylic acid groups (broad SMARTS) is 1. The number of hydrogen-bond donors (Lipinski definition) is 2. The summed E-state index contributed by atoms with van der Waals surface area (Å²) in [6.45, 7) is 4.50. The van der Waals surface area contributed by atoms with Crippen molar-refractivity contribution in [3.63, 3.8) is 0 Å². The van der Waals surface area contributed by atoms with Gasteiger partial charge in [-0.15, -0.1) is 11.3 Å². The largest absolute Gasteiger partial charge is 0.480 e. The number of nitrogens with zero attached hydrogens (tertiary/aromatic N) is 3. The second kappa shape index (κ2) is 8.32. The SMILES string of the molecule is CC1C(NCc2cccc([N+](=O)[O-])c2)CCC(C(=O)O)(c2ncc3ccsc3n2)C1C. The van der Waals surface area contributed by atoms with Crippen LogP contribution in [0, 0.1) is 22.0 Å². The molecule has 0 spiro atoms. The molecule has 31 heavy (non-hydrogen) atoms. The molecular formula is C22H24N4O4S. The number of aliphatic carboxylic acids is 1. The lowest BCUT2D eigenvalue weighted by Gasteiger charge is -2.45. The minimum atomic E-state index is -1.14. The summed E-state index contributed by atoms with van der Waals surface area (Å²) in [6, 6.07) is 8.58.